The van der Waals surface area contributed by atoms with Crippen LogP contribution in [0.4, 0.5) is 0 Å². The van der Waals surface area contributed by atoms with Gasteiger partial charge in [0.15, 0.2) is 0 Å². The Labute approximate surface area is 164 Å². The van der Waals surface area contributed by atoms with Gasteiger partial charge in [-0.25, -0.2) is 4.68 Å². The number of nitrogens with one attached hydrogen (secondary N) is 1. The number of carbonyl (C=O) groups is 1. The molecule has 0 saturated carbocycles. The molecule has 1 amide bonds. The van der Waals surface area contributed by atoms with Gasteiger partial charge in [0.1, 0.15) is 17.2 Å². The fourth-order valence-electron chi connectivity index (χ4n) is 3.25. The largest absolute Gasteiger partial charge is 0.465 e. The Morgan fingerprint density at radius 2 is 2.04 bits per heavy atom. The number of furan rings is 1. The summed E-state index contributed by atoms with van der Waals surface area (Å²) in [6.45, 7) is 7.73. The van der Waals surface area contributed by atoms with Crippen LogP contribution in [0.2, 0.25) is 0 Å². The van der Waals surface area contributed by atoms with Crippen LogP contribution in [-0.2, 0) is 11.3 Å². The molecule has 3 heterocycles. The van der Waals surface area contributed by atoms with E-state index in [2.05, 4.69) is 15.3 Å². The van der Waals surface area contributed by atoms with Crippen molar-refractivity contribution in [3.63, 3.8) is 0 Å². The molecule has 1 aliphatic heterocycles. The van der Waals surface area contributed by atoms with Crippen molar-refractivity contribution < 1.29 is 13.9 Å². The van der Waals surface area contributed by atoms with Crippen LogP contribution in [0.25, 0.3) is 0 Å². The Morgan fingerprint density at radius 3 is 2.71 bits per heavy atom. The van der Waals surface area contributed by atoms with Gasteiger partial charge in [-0.2, -0.15) is 5.10 Å². The molecule has 2 aromatic heterocycles. The molecule has 0 aliphatic carbocycles. The van der Waals surface area contributed by atoms with Gasteiger partial charge in [0.25, 0.3) is 11.5 Å². The van der Waals surface area contributed by atoms with Crippen LogP contribution < -0.4 is 10.9 Å². The maximum Gasteiger partial charge on any atom is 0.271 e. The number of ether oxygens (including phenoxy) is 1. The molecule has 0 spiro atoms. The number of unbranched alkanes of at least 4 members (excludes halogenated alkanes) is 1. The third kappa shape index (κ3) is 5.08. The quantitative estimate of drug-likeness (QED) is 0.741. The van der Waals surface area contributed by atoms with E-state index in [1.54, 1.807) is 0 Å². The van der Waals surface area contributed by atoms with E-state index in [1.165, 1.54) is 16.8 Å². The lowest BCUT2D eigenvalue weighted by Gasteiger charge is -2.33. The first kappa shape index (κ1) is 20.3. The van der Waals surface area contributed by atoms with Gasteiger partial charge in [-0.3, -0.25) is 14.5 Å². The van der Waals surface area contributed by atoms with Crippen molar-refractivity contribution in [1.29, 1.82) is 0 Å². The van der Waals surface area contributed by atoms with Crippen molar-refractivity contribution in [1.82, 2.24) is 20.0 Å². The van der Waals surface area contributed by atoms with Gasteiger partial charge in [0.05, 0.1) is 19.3 Å². The van der Waals surface area contributed by atoms with Gasteiger partial charge in [-0.1, -0.05) is 13.3 Å². The highest BCUT2D eigenvalue weighted by molar-refractivity contribution is 5.92. The summed E-state index contributed by atoms with van der Waals surface area (Å²) in [5.41, 5.74) is 0.0503. The fraction of sp³-hybridized carbons (Fsp3) is 0.550. The Kier molecular flexibility index (Phi) is 7.00. The second-order valence-electron chi connectivity index (χ2n) is 6.96. The topological polar surface area (TPSA) is 89.6 Å². The van der Waals surface area contributed by atoms with Crippen LogP contribution in [0, 0.1) is 6.92 Å². The highest BCUT2D eigenvalue weighted by Crippen LogP contribution is 2.23. The minimum absolute atomic E-state index is 0.0763. The van der Waals surface area contributed by atoms with Crippen molar-refractivity contribution in [2.45, 2.75) is 39.3 Å². The van der Waals surface area contributed by atoms with Gasteiger partial charge in [-0.15, -0.1) is 0 Å². The molecule has 1 fully saturated rings. The normalized spacial score (nSPS) is 16.1. The first-order valence-corrected chi connectivity index (χ1v) is 9.83. The summed E-state index contributed by atoms with van der Waals surface area (Å²) in [4.78, 5) is 26.8. The van der Waals surface area contributed by atoms with E-state index in [-0.39, 0.29) is 23.2 Å². The smallest absolute Gasteiger partial charge is 0.271 e. The number of morpholine rings is 1. The van der Waals surface area contributed by atoms with E-state index in [9.17, 15) is 9.59 Å². The van der Waals surface area contributed by atoms with E-state index in [4.69, 9.17) is 9.15 Å². The minimum Gasteiger partial charge on any atom is -0.465 e. The molecule has 8 heteroatoms. The van der Waals surface area contributed by atoms with Gasteiger partial charge in [-0.05, 0) is 31.5 Å². The molecule has 1 atom stereocenters. The van der Waals surface area contributed by atoms with Crippen LogP contribution >= 0.6 is 0 Å². The van der Waals surface area contributed by atoms with Crippen LogP contribution in [0.3, 0.4) is 0 Å². The summed E-state index contributed by atoms with van der Waals surface area (Å²) in [5.74, 6) is 1.36. The SMILES string of the molecule is CCCCn1nc(C(=O)NCC(c2ccc(C)o2)N2CCOCC2)ccc1=O. The van der Waals surface area contributed by atoms with E-state index >= 15 is 0 Å². The molecule has 28 heavy (non-hydrogen) atoms. The molecular formula is C20H28N4O4. The number of nitrogens with zero attached hydrogens (tertiary/aromatic N) is 3. The van der Waals surface area contributed by atoms with Crippen molar-refractivity contribution in [3.05, 3.63) is 51.8 Å². The first-order valence-electron chi connectivity index (χ1n) is 9.83. The van der Waals surface area contributed by atoms with Crippen molar-refractivity contribution in [2.75, 3.05) is 32.8 Å². The van der Waals surface area contributed by atoms with Gasteiger partial charge in [0, 0.05) is 32.2 Å². The molecule has 1 unspecified atom stereocenters. The molecule has 152 valence electrons. The molecule has 8 nitrogen and oxygen atoms in total. The second kappa shape index (κ2) is 9.66. The predicted molar refractivity (Wildman–Crippen MR) is 104 cm³/mol. The van der Waals surface area contributed by atoms with Crippen molar-refractivity contribution in [3.8, 4) is 0 Å². The summed E-state index contributed by atoms with van der Waals surface area (Å²) in [6.07, 6.45) is 1.79. The monoisotopic (exact) mass is 388 g/mol. The Hall–Kier alpha value is -2.45. The van der Waals surface area contributed by atoms with Crippen molar-refractivity contribution in [2.24, 2.45) is 0 Å². The number of amides is 1. The fourth-order valence-corrected chi connectivity index (χ4v) is 3.25. The zero-order chi connectivity index (χ0) is 19.9. The predicted octanol–water partition coefficient (Wildman–Crippen LogP) is 1.75. The number of aromatic nitrogens is 2. The highest BCUT2D eigenvalue weighted by Gasteiger charge is 2.26. The van der Waals surface area contributed by atoms with E-state index in [1.807, 2.05) is 26.0 Å². The maximum atomic E-state index is 12.6. The summed E-state index contributed by atoms with van der Waals surface area (Å²) in [7, 11) is 0. The Balaban J connectivity index is 1.70. The minimum atomic E-state index is -0.299. The third-order valence-electron chi connectivity index (χ3n) is 4.85. The van der Waals surface area contributed by atoms with E-state index in [0.717, 1.165) is 37.5 Å². The lowest BCUT2D eigenvalue weighted by Crippen LogP contribution is -2.44. The number of hydrogen-bond acceptors (Lipinski definition) is 6. The number of carbonyl (C=O) groups excluding carboxylic acids is 1. The zero-order valence-corrected chi connectivity index (χ0v) is 16.5. The molecule has 0 bridgehead atoms. The molecule has 0 radical (unpaired) electrons. The zero-order valence-electron chi connectivity index (χ0n) is 16.5. The lowest BCUT2D eigenvalue weighted by atomic mass is 10.1. The van der Waals surface area contributed by atoms with Gasteiger partial charge < -0.3 is 14.5 Å². The van der Waals surface area contributed by atoms with Crippen LogP contribution in [0.5, 0.6) is 0 Å². The number of rotatable bonds is 8. The average Bonchev–Trinajstić information content (AvgIpc) is 3.14. The van der Waals surface area contributed by atoms with E-state index < -0.39 is 0 Å². The summed E-state index contributed by atoms with van der Waals surface area (Å²) >= 11 is 0. The standard InChI is InChI=1S/C20H28N4O4/c1-3-4-9-24-19(25)8-6-16(22-24)20(26)21-14-17(18-7-5-15(2)28-18)23-10-12-27-13-11-23/h5-8,17H,3-4,9-14H2,1-2H3,(H,21,26). The molecule has 3 rings (SSSR count). The first-order chi connectivity index (χ1) is 13.6. The van der Waals surface area contributed by atoms with E-state index in [0.29, 0.717) is 26.3 Å². The van der Waals surface area contributed by atoms with Crippen LogP contribution in [0.1, 0.15) is 47.8 Å². The average molecular weight is 388 g/mol. The molecule has 0 aromatic carbocycles. The van der Waals surface area contributed by atoms with Crippen LogP contribution in [-0.4, -0.2) is 53.4 Å². The lowest BCUT2D eigenvalue weighted by molar-refractivity contribution is 0.0116. The molecule has 2 aromatic rings. The van der Waals surface area contributed by atoms with Gasteiger partial charge in [0.2, 0.25) is 0 Å². The summed E-state index contributed by atoms with van der Waals surface area (Å²) in [6, 6.07) is 6.67. The van der Waals surface area contributed by atoms with Crippen molar-refractivity contribution >= 4 is 5.91 Å². The molecule has 1 N–H and O–H groups in total. The maximum absolute atomic E-state index is 12.6. The molecule has 1 saturated heterocycles. The Bertz CT molecular complexity index is 839. The number of hydrogen-bond donors (Lipinski definition) is 1. The highest BCUT2D eigenvalue weighted by atomic mass is 16.5. The Morgan fingerprint density at radius 1 is 1.25 bits per heavy atom. The molecule has 1 aliphatic rings. The second-order valence-corrected chi connectivity index (χ2v) is 6.96. The van der Waals surface area contributed by atoms with Gasteiger partial charge >= 0.3 is 0 Å². The van der Waals surface area contributed by atoms with Crippen LogP contribution in [0.15, 0.2) is 33.5 Å². The third-order valence-corrected chi connectivity index (χ3v) is 4.85. The summed E-state index contributed by atoms with van der Waals surface area (Å²) < 4.78 is 12.6. The summed E-state index contributed by atoms with van der Waals surface area (Å²) in [5, 5.41) is 7.16. The molecular weight excluding hydrogens is 360 g/mol. The number of aryl methyl sites for hydroxylation is 2.